The molecule has 0 amide bonds. The van der Waals surface area contributed by atoms with Crippen LogP contribution in [0.3, 0.4) is 0 Å². The molecule has 0 aromatic carbocycles. The van der Waals surface area contributed by atoms with E-state index in [1.54, 1.807) is 17.1 Å². The first kappa shape index (κ1) is 12.4. The lowest BCUT2D eigenvalue weighted by molar-refractivity contribution is 0.207. The third-order valence-corrected chi connectivity index (χ3v) is 4.48. The number of sulfone groups is 1. The Labute approximate surface area is 101 Å². The second-order valence-electron chi connectivity index (χ2n) is 4.22. The Bertz CT molecular complexity index is 469. The van der Waals surface area contributed by atoms with Crippen molar-refractivity contribution in [2.24, 2.45) is 5.73 Å². The summed E-state index contributed by atoms with van der Waals surface area (Å²) in [6.07, 6.45) is 4.54. The van der Waals surface area contributed by atoms with Crippen molar-refractivity contribution in [3.05, 3.63) is 12.4 Å². The van der Waals surface area contributed by atoms with E-state index in [9.17, 15) is 8.42 Å². The summed E-state index contributed by atoms with van der Waals surface area (Å²) in [5, 5.41) is 4.07. The van der Waals surface area contributed by atoms with Gasteiger partial charge in [-0.15, -0.1) is 0 Å². The van der Waals surface area contributed by atoms with Crippen LogP contribution >= 0.6 is 0 Å². The standard InChI is InChI=1S/C10H17N3O3S/c11-3-4-13-7-10(6-12-13)16-9-2-1-5-17(14,15)8-9/h6-7,9H,1-5,8,11H2. The minimum Gasteiger partial charge on any atom is -0.486 e. The van der Waals surface area contributed by atoms with Crippen LogP contribution in [0, 0.1) is 0 Å². The van der Waals surface area contributed by atoms with Gasteiger partial charge in [-0.05, 0) is 12.8 Å². The molecule has 1 aromatic rings. The molecule has 6 nitrogen and oxygen atoms in total. The average molecular weight is 259 g/mol. The molecule has 0 saturated carbocycles. The topological polar surface area (TPSA) is 87.2 Å². The van der Waals surface area contributed by atoms with Gasteiger partial charge in [0.1, 0.15) is 6.10 Å². The van der Waals surface area contributed by atoms with E-state index in [0.717, 1.165) is 6.42 Å². The minimum atomic E-state index is -2.93. The van der Waals surface area contributed by atoms with Crippen molar-refractivity contribution >= 4 is 9.84 Å². The van der Waals surface area contributed by atoms with E-state index in [-0.39, 0.29) is 17.6 Å². The van der Waals surface area contributed by atoms with Gasteiger partial charge >= 0.3 is 0 Å². The summed E-state index contributed by atoms with van der Waals surface area (Å²) in [5.74, 6) is 0.995. The van der Waals surface area contributed by atoms with Crippen LogP contribution in [-0.4, -0.2) is 42.4 Å². The molecule has 0 spiro atoms. The average Bonchev–Trinajstić information content (AvgIpc) is 2.64. The van der Waals surface area contributed by atoms with Gasteiger partial charge in [0, 0.05) is 6.54 Å². The van der Waals surface area contributed by atoms with Gasteiger partial charge in [0.15, 0.2) is 15.6 Å². The van der Waals surface area contributed by atoms with E-state index in [1.165, 1.54) is 0 Å². The molecular formula is C10H17N3O3S. The van der Waals surface area contributed by atoms with Crippen LogP contribution < -0.4 is 10.5 Å². The van der Waals surface area contributed by atoms with Crippen LogP contribution in [0.1, 0.15) is 12.8 Å². The number of aromatic nitrogens is 2. The normalized spacial score (nSPS) is 23.5. The molecule has 2 heterocycles. The molecule has 0 bridgehead atoms. The summed E-state index contributed by atoms with van der Waals surface area (Å²) < 4.78 is 30.2. The number of rotatable bonds is 4. The summed E-state index contributed by atoms with van der Waals surface area (Å²) in [4.78, 5) is 0. The smallest absolute Gasteiger partial charge is 0.157 e. The lowest BCUT2D eigenvalue weighted by Gasteiger charge is -2.22. The molecule has 1 aliphatic heterocycles. The molecule has 17 heavy (non-hydrogen) atoms. The van der Waals surface area contributed by atoms with Gasteiger partial charge in [-0.25, -0.2) is 8.42 Å². The highest BCUT2D eigenvalue weighted by Crippen LogP contribution is 2.19. The second-order valence-corrected chi connectivity index (χ2v) is 6.45. The molecule has 2 N–H and O–H groups in total. The van der Waals surface area contributed by atoms with Crippen LogP contribution in [0.2, 0.25) is 0 Å². The van der Waals surface area contributed by atoms with Crippen LogP contribution in [0.15, 0.2) is 12.4 Å². The van der Waals surface area contributed by atoms with Crippen LogP contribution in [-0.2, 0) is 16.4 Å². The van der Waals surface area contributed by atoms with Gasteiger partial charge in [0.25, 0.3) is 0 Å². The maximum absolute atomic E-state index is 11.4. The molecule has 1 saturated heterocycles. The molecule has 96 valence electrons. The summed E-state index contributed by atoms with van der Waals surface area (Å²) in [6.45, 7) is 1.14. The first-order valence-electron chi connectivity index (χ1n) is 5.69. The molecule has 0 aliphatic carbocycles. The van der Waals surface area contributed by atoms with Gasteiger partial charge in [-0.2, -0.15) is 5.10 Å². The number of hydrogen-bond donors (Lipinski definition) is 1. The Balaban J connectivity index is 1.95. The monoisotopic (exact) mass is 259 g/mol. The fraction of sp³-hybridized carbons (Fsp3) is 0.700. The number of nitrogens with two attached hydrogens (primary N) is 1. The van der Waals surface area contributed by atoms with Crippen molar-refractivity contribution in [3.8, 4) is 5.75 Å². The first-order valence-corrected chi connectivity index (χ1v) is 7.51. The van der Waals surface area contributed by atoms with Gasteiger partial charge in [0.05, 0.1) is 30.4 Å². The molecule has 1 aromatic heterocycles. The summed E-state index contributed by atoms with van der Waals surface area (Å²) in [5.41, 5.74) is 5.41. The van der Waals surface area contributed by atoms with Crippen molar-refractivity contribution in [1.82, 2.24) is 9.78 Å². The Kier molecular flexibility index (Phi) is 3.68. The van der Waals surface area contributed by atoms with Crippen LogP contribution in [0.4, 0.5) is 0 Å². The summed E-state index contributed by atoms with van der Waals surface area (Å²) >= 11 is 0. The van der Waals surface area contributed by atoms with Gasteiger partial charge in [0.2, 0.25) is 0 Å². The second kappa shape index (κ2) is 5.05. The van der Waals surface area contributed by atoms with Crippen molar-refractivity contribution in [1.29, 1.82) is 0 Å². The highest BCUT2D eigenvalue weighted by molar-refractivity contribution is 7.91. The third kappa shape index (κ3) is 3.44. The SMILES string of the molecule is NCCn1cc(OC2CCCS(=O)(=O)C2)cn1. The molecule has 1 atom stereocenters. The highest BCUT2D eigenvalue weighted by Gasteiger charge is 2.26. The molecule has 1 unspecified atom stereocenters. The summed E-state index contributed by atoms with van der Waals surface area (Å²) in [6, 6.07) is 0. The van der Waals surface area contributed by atoms with E-state index in [0.29, 0.717) is 25.3 Å². The van der Waals surface area contributed by atoms with E-state index in [2.05, 4.69) is 5.10 Å². The van der Waals surface area contributed by atoms with Gasteiger partial charge in [-0.1, -0.05) is 0 Å². The van der Waals surface area contributed by atoms with Gasteiger partial charge < -0.3 is 10.5 Å². The highest BCUT2D eigenvalue weighted by atomic mass is 32.2. The molecule has 7 heteroatoms. The Morgan fingerprint density at radius 1 is 1.59 bits per heavy atom. The van der Waals surface area contributed by atoms with Crippen molar-refractivity contribution < 1.29 is 13.2 Å². The first-order chi connectivity index (χ1) is 8.09. The Morgan fingerprint density at radius 2 is 2.41 bits per heavy atom. The Morgan fingerprint density at radius 3 is 3.12 bits per heavy atom. The van der Waals surface area contributed by atoms with E-state index < -0.39 is 9.84 Å². The lowest BCUT2D eigenvalue weighted by atomic mass is 10.2. The molecule has 2 rings (SSSR count). The van der Waals surface area contributed by atoms with Crippen molar-refractivity contribution in [2.45, 2.75) is 25.5 Å². The van der Waals surface area contributed by atoms with Crippen molar-refractivity contribution in [3.63, 3.8) is 0 Å². The predicted octanol–water partition coefficient (Wildman–Crippen LogP) is -0.202. The van der Waals surface area contributed by atoms with Gasteiger partial charge in [-0.3, -0.25) is 4.68 Å². The fourth-order valence-corrected chi connectivity index (χ4v) is 3.50. The third-order valence-electron chi connectivity index (χ3n) is 2.69. The minimum absolute atomic E-state index is 0.106. The largest absolute Gasteiger partial charge is 0.486 e. The zero-order valence-electron chi connectivity index (χ0n) is 9.58. The number of ether oxygens (including phenoxy) is 1. The predicted molar refractivity (Wildman–Crippen MR) is 63.6 cm³/mol. The fourth-order valence-electron chi connectivity index (χ4n) is 1.93. The zero-order valence-corrected chi connectivity index (χ0v) is 10.4. The van der Waals surface area contributed by atoms with Crippen LogP contribution in [0.5, 0.6) is 5.75 Å². The summed E-state index contributed by atoms with van der Waals surface area (Å²) in [7, 11) is -2.93. The van der Waals surface area contributed by atoms with E-state index in [4.69, 9.17) is 10.5 Å². The lowest BCUT2D eigenvalue weighted by Crippen LogP contribution is -2.33. The van der Waals surface area contributed by atoms with Crippen molar-refractivity contribution in [2.75, 3.05) is 18.1 Å². The molecular weight excluding hydrogens is 242 g/mol. The zero-order chi connectivity index (χ0) is 12.3. The molecule has 1 fully saturated rings. The van der Waals surface area contributed by atoms with Crippen LogP contribution in [0.25, 0.3) is 0 Å². The molecule has 1 aliphatic rings. The molecule has 0 radical (unpaired) electrons. The maximum atomic E-state index is 11.4. The quantitative estimate of drug-likeness (QED) is 0.809. The maximum Gasteiger partial charge on any atom is 0.157 e. The number of nitrogens with zero attached hydrogens (tertiary/aromatic N) is 2. The number of hydrogen-bond acceptors (Lipinski definition) is 5. The Hall–Kier alpha value is -1.08. The van der Waals surface area contributed by atoms with E-state index in [1.807, 2.05) is 0 Å². The van der Waals surface area contributed by atoms with E-state index >= 15 is 0 Å².